The molecule has 0 saturated carbocycles. The molecule has 20 heavy (non-hydrogen) atoms. The van der Waals surface area contributed by atoms with Gasteiger partial charge in [-0.05, 0) is 23.8 Å². The number of hydrogen-bond acceptors (Lipinski definition) is 3. The van der Waals surface area contributed by atoms with Crippen molar-refractivity contribution >= 4 is 16.7 Å². The number of ether oxygens (including phenoxy) is 1. The Labute approximate surface area is 117 Å². The molecule has 3 aromatic rings. The standard InChI is InChI=1S/C16H17N3O/c1-11-9-18-16(17)19(11)10-14-13-6-4-3-5-12(13)7-8-15(14)20-2/h3-9H,10H2,1-2H3,(H2,17,18). The van der Waals surface area contributed by atoms with Crippen LogP contribution in [0.1, 0.15) is 11.3 Å². The number of anilines is 1. The molecule has 102 valence electrons. The summed E-state index contributed by atoms with van der Waals surface area (Å²) in [6, 6.07) is 12.4. The Morgan fingerprint density at radius 2 is 2.00 bits per heavy atom. The van der Waals surface area contributed by atoms with E-state index < -0.39 is 0 Å². The molecule has 0 aliphatic heterocycles. The van der Waals surface area contributed by atoms with Gasteiger partial charge in [-0.25, -0.2) is 4.98 Å². The highest BCUT2D eigenvalue weighted by Crippen LogP contribution is 2.29. The number of nitrogen functional groups attached to an aromatic ring is 1. The number of rotatable bonds is 3. The molecule has 4 heteroatoms. The molecule has 1 aromatic heterocycles. The zero-order valence-corrected chi connectivity index (χ0v) is 11.6. The molecular weight excluding hydrogens is 250 g/mol. The average Bonchev–Trinajstić information content (AvgIpc) is 2.79. The molecular formula is C16H17N3O. The molecule has 1 heterocycles. The zero-order chi connectivity index (χ0) is 14.1. The minimum absolute atomic E-state index is 0.525. The van der Waals surface area contributed by atoms with E-state index in [2.05, 4.69) is 23.2 Å². The monoisotopic (exact) mass is 267 g/mol. The minimum Gasteiger partial charge on any atom is -0.496 e. The summed E-state index contributed by atoms with van der Waals surface area (Å²) in [4.78, 5) is 4.15. The molecule has 4 nitrogen and oxygen atoms in total. The number of imidazole rings is 1. The molecule has 3 rings (SSSR count). The van der Waals surface area contributed by atoms with Crippen LogP contribution in [0.5, 0.6) is 5.75 Å². The highest BCUT2D eigenvalue weighted by atomic mass is 16.5. The van der Waals surface area contributed by atoms with Crippen LogP contribution in [0.4, 0.5) is 5.95 Å². The van der Waals surface area contributed by atoms with Gasteiger partial charge in [0, 0.05) is 11.3 Å². The van der Waals surface area contributed by atoms with Crippen LogP contribution in [-0.4, -0.2) is 16.7 Å². The zero-order valence-electron chi connectivity index (χ0n) is 11.6. The van der Waals surface area contributed by atoms with Gasteiger partial charge in [-0.3, -0.25) is 0 Å². The predicted octanol–water partition coefficient (Wildman–Crippen LogP) is 2.98. The Morgan fingerprint density at radius 1 is 1.20 bits per heavy atom. The van der Waals surface area contributed by atoms with E-state index in [1.165, 1.54) is 10.8 Å². The Bertz CT molecular complexity index is 742. The second-order valence-electron chi connectivity index (χ2n) is 4.81. The number of aromatic nitrogens is 2. The van der Waals surface area contributed by atoms with E-state index in [0.717, 1.165) is 17.0 Å². The molecule has 0 bridgehead atoms. The fraction of sp³-hybridized carbons (Fsp3) is 0.188. The molecule has 0 fully saturated rings. The van der Waals surface area contributed by atoms with E-state index in [4.69, 9.17) is 10.5 Å². The van der Waals surface area contributed by atoms with Gasteiger partial charge >= 0.3 is 0 Å². The number of nitrogens with zero attached hydrogens (tertiary/aromatic N) is 2. The summed E-state index contributed by atoms with van der Waals surface area (Å²) in [5.41, 5.74) is 8.10. The van der Waals surface area contributed by atoms with Crippen LogP contribution in [0.2, 0.25) is 0 Å². The van der Waals surface area contributed by atoms with Gasteiger partial charge in [0.15, 0.2) is 0 Å². The predicted molar refractivity (Wildman–Crippen MR) is 81.0 cm³/mol. The van der Waals surface area contributed by atoms with Crippen molar-refractivity contribution in [3.8, 4) is 5.75 Å². The summed E-state index contributed by atoms with van der Waals surface area (Å²) in [7, 11) is 1.69. The third kappa shape index (κ3) is 1.99. The second kappa shape index (κ2) is 4.89. The maximum Gasteiger partial charge on any atom is 0.200 e. The van der Waals surface area contributed by atoms with Gasteiger partial charge < -0.3 is 15.0 Å². The maximum atomic E-state index is 5.94. The van der Waals surface area contributed by atoms with Crippen molar-refractivity contribution in [2.45, 2.75) is 13.5 Å². The SMILES string of the molecule is COc1ccc2ccccc2c1Cn1c(C)cnc1N. The van der Waals surface area contributed by atoms with Gasteiger partial charge in [0.05, 0.1) is 19.9 Å². The summed E-state index contributed by atoms with van der Waals surface area (Å²) in [5, 5.41) is 2.37. The lowest BCUT2D eigenvalue weighted by molar-refractivity contribution is 0.409. The third-order valence-corrected chi connectivity index (χ3v) is 3.62. The Morgan fingerprint density at radius 3 is 2.70 bits per heavy atom. The lowest BCUT2D eigenvalue weighted by Gasteiger charge is -2.14. The number of aryl methyl sites for hydroxylation is 1. The summed E-state index contributed by atoms with van der Waals surface area (Å²) >= 11 is 0. The van der Waals surface area contributed by atoms with Crippen molar-refractivity contribution in [1.29, 1.82) is 0 Å². The van der Waals surface area contributed by atoms with E-state index in [0.29, 0.717) is 12.5 Å². The average molecular weight is 267 g/mol. The fourth-order valence-corrected chi connectivity index (χ4v) is 2.51. The van der Waals surface area contributed by atoms with Crippen molar-refractivity contribution in [2.24, 2.45) is 0 Å². The number of benzene rings is 2. The van der Waals surface area contributed by atoms with Gasteiger partial charge in [-0.1, -0.05) is 30.3 Å². The van der Waals surface area contributed by atoms with Crippen LogP contribution >= 0.6 is 0 Å². The molecule has 0 amide bonds. The van der Waals surface area contributed by atoms with Gasteiger partial charge in [-0.2, -0.15) is 0 Å². The molecule has 0 atom stereocenters. The highest BCUT2D eigenvalue weighted by molar-refractivity contribution is 5.87. The number of fused-ring (bicyclic) bond motifs is 1. The Kier molecular flexibility index (Phi) is 3.06. The lowest BCUT2D eigenvalue weighted by Crippen LogP contribution is -2.08. The topological polar surface area (TPSA) is 53.1 Å². The van der Waals surface area contributed by atoms with Gasteiger partial charge in [0.2, 0.25) is 5.95 Å². The third-order valence-electron chi connectivity index (χ3n) is 3.62. The van der Waals surface area contributed by atoms with Crippen LogP contribution in [0.25, 0.3) is 10.8 Å². The molecule has 0 spiro atoms. The van der Waals surface area contributed by atoms with Gasteiger partial charge in [-0.15, -0.1) is 0 Å². The van der Waals surface area contributed by atoms with E-state index in [1.54, 1.807) is 13.3 Å². The Balaban J connectivity index is 2.19. The summed E-state index contributed by atoms with van der Waals surface area (Å²) in [6.07, 6.45) is 1.78. The first-order valence-corrected chi connectivity index (χ1v) is 6.53. The van der Waals surface area contributed by atoms with Crippen molar-refractivity contribution in [2.75, 3.05) is 12.8 Å². The van der Waals surface area contributed by atoms with Crippen LogP contribution in [0.15, 0.2) is 42.6 Å². The van der Waals surface area contributed by atoms with Crippen LogP contribution in [-0.2, 0) is 6.54 Å². The number of nitrogens with two attached hydrogens (primary N) is 1. The molecule has 0 aliphatic carbocycles. The van der Waals surface area contributed by atoms with E-state index in [9.17, 15) is 0 Å². The maximum absolute atomic E-state index is 5.94. The minimum atomic E-state index is 0.525. The van der Waals surface area contributed by atoms with Crippen molar-refractivity contribution in [1.82, 2.24) is 9.55 Å². The molecule has 2 N–H and O–H groups in total. The van der Waals surface area contributed by atoms with Gasteiger partial charge in [0.1, 0.15) is 5.75 Å². The molecule has 0 radical (unpaired) electrons. The summed E-state index contributed by atoms with van der Waals surface area (Å²) < 4.78 is 7.50. The van der Waals surface area contributed by atoms with Crippen LogP contribution < -0.4 is 10.5 Å². The highest BCUT2D eigenvalue weighted by Gasteiger charge is 2.11. The smallest absolute Gasteiger partial charge is 0.200 e. The Hall–Kier alpha value is -2.49. The fourth-order valence-electron chi connectivity index (χ4n) is 2.51. The number of hydrogen-bond donors (Lipinski definition) is 1. The van der Waals surface area contributed by atoms with E-state index >= 15 is 0 Å². The van der Waals surface area contributed by atoms with Crippen molar-refractivity contribution < 1.29 is 4.74 Å². The van der Waals surface area contributed by atoms with Crippen molar-refractivity contribution in [3.63, 3.8) is 0 Å². The van der Waals surface area contributed by atoms with Gasteiger partial charge in [0.25, 0.3) is 0 Å². The first-order valence-electron chi connectivity index (χ1n) is 6.53. The van der Waals surface area contributed by atoms with E-state index in [-0.39, 0.29) is 0 Å². The first kappa shape index (κ1) is 12.5. The van der Waals surface area contributed by atoms with Crippen molar-refractivity contribution in [3.05, 3.63) is 53.9 Å². The number of methoxy groups -OCH3 is 1. The molecule has 2 aromatic carbocycles. The molecule has 0 saturated heterocycles. The van der Waals surface area contributed by atoms with Crippen LogP contribution in [0.3, 0.4) is 0 Å². The lowest BCUT2D eigenvalue weighted by atomic mass is 10.0. The van der Waals surface area contributed by atoms with E-state index in [1.807, 2.05) is 29.7 Å². The second-order valence-corrected chi connectivity index (χ2v) is 4.81. The first-order chi connectivity index (χ1) is 9.70. The molecule has 0 aliphatic rings. The quantitative estimate of drug-likeness (QED) is 0.793. The summed E-state index contributed by atoms with van der Waals surface area (Å²) in [5.74, 6) is 1.40. The van der Waals surface area contributed by atoms with Crippen LogP contribution in [0, 0.1) is 6.92 Å². The molecule has 0 unspecified atom stereocenters. The largest absolute Gasteiger partial charge is 0.496 e. The normalized spacial score (nSPS) is 10.9. The summed E-state index contributed by atoms with van der Waals surface area (Å²) in [6.45, 7) is 2.66.